The molecule has 0 aliphatic rings. The zero-order valence-electron chi connectivity index (χ0n) is 48.0. The van der Waals surface area contributed by atoms with E-state index in [9.17, 15) is 19.8 Å². The maximum absolute atomic E-state index is 12.5. The Morgan fingerprint density at radius 3 is 1.07 bits per heavy atom. The van der Waals surface area contributed by atoms with Gasteiger partial charge in [-0.3, -0.25) is 9.59 Å². The fourth-order valence-corrected chi connectivity index (χ4v) is 10.1. The Morgan fingerprint density at radius 1 is 0.394 bits per heavy atom. The molecule has 6 nitrogen and oxygen atoms in total. The number of ether oxygens (including phenoxy) is 1. The molecule has 0 rings (SSSR count). The molecule has 71 heavy (non-hydrogen) atoms. The second-order valence-electron chi connectivity index (χ2n) is 22.1. The van der Waals surface area contributed by atoms with Crippen molar-refractivity contribution >= 4 is 11.9 Å². The van der Waals surface area contributed by atoms with Crippen molar-refractivity contribution in [2.24, 2.45) is 0 Å². The van der Waals surface area contributed by atoms with E-state index in [1.54, 1.807) is 0 Å². The topological polar surface area (TPSA) is 95.9 Å². The number of nitrogens with one attached hydrogen (secondary N) is 1. The van der Waals surface area contributed by atoms with Gasteiger partial charge in [0.2, 0.25) is 5.91 Å². The minimum absolute atomic E-state index is 0.0138. The molecule has 1 amide bonds. The first-order chi connectivity index (χ1) is 35.0. The lowest BCUT2D eigenvalue weighted by Crippen LogP contribution is -2.45. The van der Waals surface area contributed by atoms with E-state index < -0.39 is 12.1 Å². The Hall–Kier alpha value is -1.66. The molecule has 0 aromatic carbocycles. The molecule has 0 saturated heterocycles. The molecule has 2 unspecified atom stereocenters. The molecule has 3 N–H and O–H groups in total. The van der Waals surface area contributed by atoms with Crippen LogP contribution in [0.3, 0.4) is 0 Å². The van der Waals surface area contributed by atoms with E-state index in [4.69, 9.17) is 4.74 Å². The normalized spacial score (nSPS) is 12.7. The van der Waals surface area contributed by atoms with Gasteiger partial charge in [-0.1, -0.05) is 308 Å². The average Bonchev–Trinajstić information content (AvgIpc) is 3.37. The molecule has 0 aliphatic carbocycles. The van der Waals surface area contributed by atoms with Crippen LogP contribution in [0.4, 0.5) is 0 Å². The molecule has 0 aromatic rings. The van der Waals surface area contributed by atoms with Gasteiger partial charge >= 0.3 is 5.97 Å². The summed E-state index contributed by atoms with van der Waals surface area (Å²) in [6.45, 7) is 4.96. The highest BCUT2D eigenvalue weighted by Gasteiger charge is 2.20. The van der Waals surface area contributed by atoms with Crippen molar-refractivity contribution in [2.75, 3.05) is 13.2 Å². The number of carbonyl (C=O) groups is 2. The van der Waals surface area contributed by atoms with Crippen LogP contribution in [0.15, 0.2) is 24.3 Å². The van der Waals surface area contributed by atoms with Gasteiger partial charge in [-0.15, -0.1) is 0 Å². The Balaban J connectivity index is 3.38. The quantitative estimate of drug-likeness (QED) is 0.0320. The number of carbonyl (C=O) groups excluding carboxylic acids is 2. The van der Waals surface area contributed by atoms with E-state index in [1.165, 1.54) is 276 Å². The minimum Gasteiger partial charge on any atom is -0.466 e. The van der Waals surface area contributed by atoms with Crippen LogP contribution < -0.4 is 5.32 Å². The van der Waals surface area contributed by atoms with Crippen molar-refractivity contribution < 1.29 is 24.5 Å². The van der Waals surface area contributed by atoms with E-state index in [-0.39, 0.29) is 18.5 Å². The first kappa shape index (κ1) is 69.3. The predicted octanol–water partition coefficient (Wildman–Crippen LogP) is 20.2. The highest BCUT2D eigenvalue weighted by atomic mass is 16.5. The third kappa shape index (κ3) is 57.5. The zero-order chi connectivity index (χ0) is 51.4. The van der Waals surface area contributed by atoms with Crippen LogP contribution in [0.2, 0.25) is 0 Å². The lowest BCUT2D eigenvalue weighted by Gasteiger charge is -2.22. The molecule has 0 aromatic heterocycles. The molecular formula is C65H125NO5. The van der Waals surface area contributed by atoms with Gasteiger partial charge in [0.05, 0.1) is 25.4 Å². The summed E-state index contributed by atoms with van der Waals surface area (Å²) in [5, 5.41) is 23.2. The van der Waals surface area contributed by atoms with Crippen LogP contribution in [0.1, 0.15) is 354 Å². The number of amides is 1. The van der Waals surface area contributed by atoms with E-state index in [0.29, 0.717) is 25.9 Å². The summed E-state index contributed by atoms with van der Waals surface area (Å²) in [7, 11) is 0. The maximum Gasteiger partial charge on any atom is 0.305 e. The lowest BCUT2D eigenvalue weighted by atomic mass is 10.0. The summed E-state index contributed by atoms with van der Waals surface area (Å²) in [4.78, 5) is 24.5. The van der Waals surface area contributed by atoms with Crippen molar-refractivity contribution in [3.8, 4) is 0 Å². The summed E-state index contributed by atoms with van der Waals surface area (Å²) >= 11 is 0. The van der Waals surface area contributed by atoms with Crippen LogP contribution in [0.25, 0.3) is 0 Å². The molecule has 0 bridgehead atoms. The van der Waals surface area contributed by atoms with E-state index in [0.717, 1.165) is 44.9 Å². The Kier molecular flexibility index (Phi) is 59.5. The van der Waals surface area contributed by atoms with Crippen molar-refractivity contribution in [1.82, 2.24) is 5.32 Å². The SMILES string of the molecule is CCCCCCCCCCCCCCCC(=O)OCCCCCCCCCCC/C=C\C/C=C\CCCCCCCCCCCCCCCC(=O)NC(CO)C(O)CCCCCCCCCCCCCC. The fraction of sp³-hybridized carbons (Fsp3) is 0.908. The van der Waals surface area contributed by atoms with Gasteiger partial charge in [0, 0.05) is 12.8 Å². The molecule has 6 heteroatoms. The molecule has 0 aliphatic heterocycles. The minimum atomic E-state index is -0.663. The van der Waals surface area contributed by atoms with E-state index in [1.807, 2.05) is 0 Å². The molecule has 0 spiro atoms. The standard InChI is InChI=1S/C65H125NO5/c1-3-5-7-9-11-13-15-34-39-43-47-51-55-59-65(70)71-60-56-52-48-44-40-36-33-31-29-27-25-23-21-19-17-18-20-22-24-26-28-30-32-35-38-42-46-50-54-58-64(69)66-62(61-67)63(68)57-53-49-45-41-37-16-14-12-10-8-6-4-2/h17,19,23,25,62-63,67-68H,3-16,18,20-22,24,26-61H2,1-2H3,(H,66,69)/b19-17-,25-23-. The Morgan fingerprint density at radius 2 is 0.704 bits per heavy atom. The smallest absolute Gasteiger partial charge is 0.305 e. The largest absolute Gasteiger partial charge is 0.466 e. The van der Waals surface area contributed by atoms with Crippen molar-refractivity contribution in [3.63, 3.8) is 0 Å². The van der Waals surface area contributed by atoms with Crippen molar-refractivity contribution in [3.05, 3.63) is 24.3 Å². The molecule has 0 fully saturated rings. The molecule has 0 saturated carbocycles. The van der Waals surface area contributed by atoms with E-state index in [2.05, 4.69) is 43.5 Å². The number of rotatable bonds is 60. The predicted molar refractivity (Wildman–Crippen MR) is 310 cm³/mol. The van der Waals surface area contributed by atoms with Gasteiger partial charge in [-0.25, -0.2) is 0 Å². The number of hydrogen-bond acceptors (Lipinski definition) is 5. The van der Waals surface area contributed by atoms with Crippen molar-refractivity contribution in [2.45, 2.75) is 366 Å². The maximum atomic E-state index is 12.5. The van der Waals surface area contributed by atoms with Crippen LogP contribution in [-0.4, -0.2) is 47.4 Å². The molecule has 2 atom stereocenters. The van der Waals surface area contributed by atoms with Crippen LogP contribution in [-0.2, 0) is 14.3 Å². The second kappa shape index (κ2) is 60.9. The number of esters is 1. The summed E-state index contributed by atoms with van der Waals surface area (Å²) in [6.07, 6.45) is 74.9. The Labute approximate surface area is 443 Å². The molecule has 0 heterocycles. The first-order valence-electron chi connectivity index (χ1n) is 32.1. The first-order valence-corrected chi connectivity index (χ1v) is 32.1. The van der Waals surface area contributed by atoms with E-state index >= 15 is 0 Å². The van der Waals surface area contributed by atoms with Crippen LogP contribution >= 0.6 is 0 Å². The number of aliphatic hydroxyl groups is 2. The monoisotopic (exact) mass is 1000 g/mol. The highest BCUT2D eigenvalue weighted by molar-refractivity contribution is 5.76. The summed E-state index contributed by atoms with van der Waals surface area (Å²) < 4.78 is 5.48. The average molecular weight is 1000 g/mol. The molecule has 0 radical (unpaired) electrons. The molecule has 420 valence electrons. The Bertz CT molecular complexity index is 1110. The van der Waals surface area contributed by atoms with Gasteiger partial charge in [0.25, 0.3) is 0 Å². The van der Waals surface area contributed by atoms with Gasteiger partial charge in [-0.05, 0) is 57.8 Å². The van der Waals surface area contributed by atoms with Gasteiger partial charge < -0.3 is 20.3 Å². The number of hydrogen-bond donors (Lipinski definition) is 3. The number of aliphatic hydroxyl groups excluding tert-OH is 2. The fourth-order valence-electron chi connectivity index (χ4n) is 10.1. The number of allylic oxidation sites excluding steroid dienone is 4. The van der Waals surface area contributed by atoms with Gasteiger partial charge in [0.15, 0.2) is 0 Å². The van der Waals surface area contributed by atoms with Gasteiger partial charge in [-0.2, -0.15) is 0 Å². The summed E-state index contributed by atoms with van der Waals surface area (Å²) in [6, 6.07) is -0.541. The molecular weight excluding hydrogens is 875 g/mol. The van der Waals surface area contributed by atoms with Crippen LogP contribution in [0, 0.1) is 0 Å². The zero-order valence-corrected chi connectivity index (χ0v) is 48.0. The third-order valence-corrected chi connectivity index (χ3v) is 15.0. The summed E-state index contributed by atoms with van der Waals surface area (Å²) in [5.74, 6) is -0.0213. The lowest BCUT2D eigenvalue weighted by molar-refractivity contribution is -0.143. The number of unbranched alkanes of at least 4 members (excludes halogenated alkanes) is 45. The second-order valence-corrected chi connectivity index (χ2v) is 22.1. The van der Waals surface area contributed by atoms with Gasteiger partial charge in [0.1, 0.15) is 0 Å². The van der Waals surface area contributed by atoms with Crippen molar-refractivity contribution in [1.29, 1.82) is 0 Å². The van der Waals surface area contributed by atoms with Crippen LogP contribution in [0.5, 0.6) is 0 Å². The third-order valence-electron chi connectivity index (χ3n) is 15.0. The summed E-state index contributed by atoms with van der Waals surface area (Å²) in [5.41, 5.74) is 0. The highest BCUT2D eigenvalue weighted by Crippen LogP contribution is 2.18.